The molecule has 3 aromatic rings. The SMILES string of the molecule is O=C(O)c1cncc(Oc2ccc3cccnc3c2)c1. The molecule has 0 spiro atoms. The summed E-state index contributed by atoms with van der Waals surface area (Å²) < 4.78 is 5.61. The van der Waals surface area contributed by atoms with Gasteiger partial charge < -0.3 is 9.84 Å². The second-order valence-corrected chi connectivity index (χ2v) is 4.17. The van der Waals surface area contributed by atoms with Gasteiger partial charge in [-0.1, -0.05) is 6.07 Å². The van der Waals surface area contributed by atoms with Crippen molar-refractivity contribution in [2.75, 3.05) is 0 Å². The molecule has 0 unspecified atom stereocenters. The predicted octanol–water partition coefficient (Wildman–Crippen LogP) is 3.12. The van der Waals surface area contributed by atoms with Gasteiger partial charge in [0.2, 0.25) is 0 Å². The van der Waals surface area contributed by atoms with Crippen molar-refractivity contribution in [2.24, 2.45) is 0 Å². The Hall–Kier alpha value is -2.95. The molecule has 5 nitrogen and oxygen atoms in total. The number of pyridine rings is 2. The number of benzene rings is 1. The number of ether oxygens (including phenoxy) is 1. The third-order valence-corrected chi connectivity index (χ3v) is 2.77. The number of hydrogen-bond donors (Lipinski definition) is 1. The van der Waals surface area contributed by atoms with E-state index >= 15 is 0 Å². The Balaban J connectivity index is 1.92. The van der Waals surface area contributed by atoms with E-state index in [9.17, 15) is 4.79 Å². The molecule has 1 N–H and O–H groups in total. The maximum atomic E-state index is 10.9. The molecule has 0 aliphatic heterocycles. The summed E-state index contributed by atoms with van der Waals surface area (Å²) >= 11 is 0. The first-order chi connectivity index (χ1) is 9.72. The highest BCUT2D eigenvalue weighted by molar-refractivity contribution is 5.87. The second-order valence-electron chi connectivity index (χ2n) is 4.17. The zero-order chi connectivity index (χ0) is 13.9. The zero-order valence-electron chi connectivity index (χ0n) is 10.4. The van der Waals surface area contributed by atoms with Crippen LogP contribution in [0.15, 0.2) is 55.0 Å². The first kappa shape index (κ1) is 12.1. The van der Waals surface area contributed by atoms with Crippen LogP contribution in [-0.4, -0.2) is 21.0 Å². The number of hydrogen-bond acceptors (Lipinski definition) is 4. The normalized spacial score (nSPS) is 10.4. The van der Waals surface area contributed by atoms with Crippen LogP contribution in [0.1, 0.15) is 10.4 Å². The van der Waals surface area contributed by atoms with Crippen LogP contribution < -0.4 is 4.74 Å². The summed E-state index contributed by atoms with van der Waals surface area (Å²) in [7, 11) is 0. The van der Waals surface area contributed by atoms with Crippen LogP contribution in [0.25, 0.3) is 10.9 Å². The third kappa shape index (κ3) is 2.42. The highest BCUT2D eigenvalue weighted by atomic mass is 16.5. The fourth-order valence-electron chi connectivity index (χ4n) is 1.84. The monoisotopic (exact) mass is 266 g/mol. The predicted molar refractivity (Wildman–Crippen MR) is 73.0 cm³/mol. The van der Waals surface area contributed by atoms with E-state index in [-0.39, 0.29) is 5.56 Å². The lowest BCUT2D eigenvalue weighted by molar-refractivity contribution is 0.0696. The summed E-state index contributed by atoms with van der Waals surface area (Å²) in [5.74, 6) is -0.0798. The van der Waals surface area contributed by atoms with Crippen molar-refractivity contribution in [1.29, 1.82) is 0 Å². The van der Waals surface area contributed by atoms with Crippen LogP contribution in [0.5, 0.6) is 11.5 Å². The number of aromatic nitrogens is 2. The van der Waals surface area contributed by atoms with Crippen molar-refractivity contribution in [3.8, 4) is 11.5 Å². The Morgan fingerprint density at radius 2 is 2.00 bits per heavy atom. The smallest absolute Gasteiger partial charge is 0.337 e. The number of fused-ring (bicyclic) bond motifs is 1. The van der Waals surface area contributed by atoms with Gasteiger partial charge in [0.05, 0.1) is 17.3 Å². The van der Waals surface area contributed by atoms with Crippen molar-refractivity contribution in [1.82, 2.24) is 9.97 Å². The van der Waals surface area contributed by atoms with Crippen LogP contribution in [-0.2, 0) is 0 Å². The molecule has 1 aromatic carbocycles. The van der Waals surface area contributed by atoms with E-state index in [2.05, 4.69) is 9.97 Å². The summed E-state index contributed by atoms with van der Waals surface area (Å²) in [6.45, 7) is 0. The maximum absolute atomic E-state index is 10.9. The zero-order valence-corrected chi connectivity index (χ0v) is 10.4. The van der Waals surface area contributed by atoms with Gasteiger partial charge in [-0.3, -0.25) is 9.97 Å². The van der Waals surface area contributed by atoms with Crippen LogP contribution in [0.4, 0.5) is 0 Å². The summed E-state index contributed by atoms with van der Waals surface area (Å²) in [4.78, 5) is 19.0. The van der Waals surface area contributed by atoms with Crippen molar-refractivity contribution in [2.45, 2.75) is 0 Å². The van der Waals surface area contributed by atoms with Crippen LogP contribution in [0, 0.1) is 0 Å². The summed E-state index contributed by atoms with van der Waals surface area (Å²) in [6.07, 6.45) is 4.45. The topological polar surface area (TPSA) is 72.3 Å². The third-order valence-electron chi connectivity index (χ3n) is 2.77. The largest absolute Gasteiger partial charge is 0.478 e. The van der Waals surface area contributed by atoms with Gasteiger partial charge in [-0.15, -0.1) is 0 Å². The number of carbonyl (C=O) groups is 1. The van der Waals surface area contributed by atoms with Gasteiger partial charge in [-0.05, 0) is 24.3 Å². The fourth-order valence-corrected chi connectivity index (χ4v) is 1.84. The van der Waals surface area contributed by atoms with E-state index in [1.54, 1.807) is 18.3 Å². The lowest BCUT2D eigenvalue weighted by atomic mass is 10.2. The average molecular weight is 266 g/mol. The molecule has 2 heterocycles. The molecule has 0 fully saturated rings. The average Bonchev–Trinajstić information content (AvgIpc) is 2.47. The van der Waals surface area contributed by atoms with Crippen LogP contribution in [0.2, 0.25) is 0 Å². The van der Waals surface area contributed by atoms with Crippen LogP contribution in [0.3, 0.4) is 0 Å². The molecule has 98 valence electrons. The van der Waals surface area contributed by atoms with Crippen molar-refractivity contribution < 1.29 is 14.6 Å². The molecule has 5 heteroatoms. The first-order valence-electron chi connectivity index (χ1n) is 5.93. The standard InChI is InChI=1S/C15H10N2O3/c18-15(19)11-6-13(9-16-8-11)20-12-4-3-10-2-1-5-17-14(10)7-12/h1-9H,(H,18,19). The molecule has 0 saturated heterocycles. The van der Waals surface area contributed by atoms with Gasteiger partial charge >= 0.3 is 5.97 Å². The van der Waals surface area contributed by atoms with E-state index in [0.717, 1.165) is 10.9 Å². The molecular formula is C15H10N2O3. The minimum absolute atomic E-state index is 0.0846. The van der Waals surface area contributed by atoms with Gasteiger partial charge in [0.1, 0.15) is 11.5 Å². The maximum Gasteiger partial charge on any atom is 0.337 e. The molecule has 20 heavy (non-hydrogen) atoms. The first-order valence-corrected chi connectivity index (χ1v) is 5.93. The van der Waals surface area contributed by atoms with Crippen LogP contribution >= 0.6 is 0 Å². The highest BCUT2D eigenvalue weighted by Gasteiger charge is 2.06. The molecule has 0 atom stereocenters. The molecule has 0 aliphatic carbocycles. The quantitative estimate of drug-likeness (QED) is 0.788. The molecule has 0 aliphatic rings. The Morgan fingerprint density at radius 1 is 1.10 bits per heavy atom. The lowest BCUT2D eigenvalue weighted by Gasteiger charge is -2.06. The number of rotatable bonds is 3. The molecule has 0 radical (unpaired) electrons. The Labute approximate surface area is 114 Å². The fraction of sp³-hybridized carbons (Fsp3) is 0. The number of nitrogens with zero attached hydrogens (tertiary/aromatic N) is 2. The second kappa shape index (κ2) is 4.97. The minimum atomic E-state index is -1.04. The molecular weight excluding hydrogens is 256 g/mol. The lowest BCUT2D eigenvalue weighted by Crippen LogP contribution is -1.97. The van der Waals surface area contributed by atoms with Gasteiger partial charge in [0.25, 0.3) is 0 Å². The van der Waals surface area contributed by atoms with E-state index in [1.165, 1.54) is 18.5 Å². The van der Waals surface area contributed by atoms with Gasteiger partial charge in [-0.25, -0.2) is 4.79 Å². The summed E-state index contributed by atoms with van der Waals surface area (Å²) in [6, 6.07) is 10.7. The number of aromatic carboxylic acids is 1. The summed E-state index contributed by atoms with van der Waals surface area (Å²) in [5, 5.41) is 9.92. The molecule has 0 saturated carbocycles. The Morgan fingerprint density at radius 3 is 2.85 bits per heavy atom. The van der Waals surface area contributed by atoms with Gasteiger partial charge in [-0.2, -0.15) is 0 Å². The van der Waals surface area contributed by atoms with E-state index < -0.39 is 5.97 Å². The van der Waals surface area contributed by atoms with Crippen molar-refractivity contribution in [3.63, 3.8) is 0 Å². The van der Waals surface area contributed by atoms with E-state index in [4.69, 9.17) is 9.84 Å². The minimum Gasteiger partial charge on any atom is -0.478 e. The number of carboxylic acid groups (broad SMARTS) is 1. The highest BCUT2D eigenvalue weighted by Crippen LogP contribution is 2.24. The van der Waals surface area contributed by atoms with E-state index in [0.29, 0.717) is 11.5 Å². The molecule has 3 rings (SSSR count). The summed E-state index contributed by atoms with van der Waals surface area (Å²) in [5.41, 5.74) is 0.897. The molecule has 0 bridgehead atoms. The molecule has 0 amide bonds. The Bertz CT molecular complexity index is 787. The van der Waals surface area contributed by atoms with Crippen molar-refractivity contribution in [3.05, 3.63) is 60.6 Å². The van der Waals surface area contributed by atoms with Crippen molar-refractivity contribution >= 4 is 16.9 Å². The van der Waals surface area contributed by atoms with Gasteiger partial charge in [0, 0.05) is 23.8 Å². The molecule has 2 aromatic heterocycles. The van der Waals surface area contributed by atoms with Gasteiger partial charge in [0.15, 0.2) is 0 Å². The van der Waals surface area contributed by atoms with E-state index in [1.807, 2.05) is 18.2 Å². The number of carboxylic acids is 1. The Kier molecular flexibility index (Phi) is 3.01.